The van der Waals surface area contributed by atoms with Gasteiger partial charge in [-0.3, -0.25) is 4.79 Å². The van der Waals surface area contributed by atoms with Crippen LogP contribution in [0.2, 0.25) is 0 Å². The fourth-order valence-electron chi connectivity index (χ4n) is 3.50. The minimum absolute atomic E-state index is 0.0409. The Kier molecular flexibility index (Phi) is 3.62. The number of carbonyl (C=O) groups is 1. The molecule has 112 valence electrons. The van der Waals surface area contributed by atoms with E-state index < -0.39 is 0 Å². The van der Waals surface area contributed by atoms with Crippen LogP contribution in [0.1, 0.15) is 43.8 Å². The van der Waals surface area contributed by atoms with Crippen molar-refractivity contribution in [1.82, 2.24) is 0 Å². The summed E-state index contributed by atoms with van der Waals surface area (Å²) in [7, 11) is 0. The molecule has 0 aliphatic carbocycles. The lowest BCUT2D eigenvalue weighted by Gasteiger charge is -2.17. The average molecular weight is 286 g/mol. The Balaban J connectivity index is 2.09. The molecule has 2 heterocycles. The van der Waals surface area contributed by atoms with Crippen molar-refractivity contribution in [1.29, 1.82) is 0 Å². The van der Waals surface area contributed by atoms with Gasteiger partial charge in [0.2, 0.25) is 0 Å². The third-order valence-corrected chi connectivity index (χ3v) is 4.78. The van der Waals surface area contributed by atoms with Crippen molar-refractivity contribution in [2.24, 2.45) is 11.8 Å². The number of hydrogen-bond acceptors (Lipinski definition) is 3. The van der Waals surface area contributed by atoms with Gasteiger partial charge in [-0.2, -0.15) is 0 Å². The number of hydrogen-bond donors (Lipinski definition) is 0. The van der Waals surface area contributed by atoms with E-state index in [2.05, 4.69) is 6.92 Å². The molecule has 1 aromatic carbocycles. The van der Waals surface area contributed by atoms with E-state index in [0.29, 0.717) is 0 Å². The first-order valence-electron chi connectivity index (χ1n) is 7.74. The molecule has 1 aliphatic rings. The highest BCUT2D eigenvalue weighted by atomic mass is 16.5. The zero-order chi connectivity index (χ0) is 15.1. The topological polar surface area (TPSA) is 39.4 Å². The van der Waals surface area contributed by atoms with Crippen molar-refractivity contribution in [2.75, 3.05) is 0 Å². The number of aryl methyl sites for hydroxylation is 1. The summed E-state index contributed by atoms with van der Waals surface area (Å²) >= 11 is 0. The van der Waals surface area contributed by atoms with Crippen LogP contribution in [0.3, 0.4) is 0 Å². The number of furan rings is 1. The molecule has 0 saturated carbocycles. The van der Waals surface area contributed by atoms with Crippen molar-refractivity contribution in [3.8, 4) is 0 Å². The van der Waals surface area contributed by atoms with E-state index in [9.17, 15) is 4.79 Å². The molecule has 1 aromatic heterocycles. The smallest absolute Gasteiger partial charge is 0.173 e. The maximum absolute atomic E-state index is 13.1. The molecule has 0 radical (unpaired) electrons. The molecule has 0 bridgehead atoms. The van der Waals surface area contributed by atoms with E-state index >= 15 is 0 Å². The summed E-state index contributed by atoms with van der Waals surface area (Å²) in [4.78, 5) is 13.1. The molecule has 21 heavy (non-hydrogen) atoms. The Morgan fingerprint density at radius 1 is 1.14 bits per heavy atom. The molecule has 0 amide bonds. The molecule has 3 heteroatoms. The second-order valence-corrected chi connectivity index (χ2v) is 6.05. The molecular formula is C18H22O3. The largest absolute Gasteiger partial charge is 0.460 e. The molecule has 4 atom stereocenters. The third kappa shape index (κ3) is 2.20. The van der Waals surface area contributed by atoms with Gasteiger partial charge in [0.15, 0.2) is 5.78 Å². The lowest BCUT2D eigenvalue weighted by atomic mass is 9.82. The van der Waals surface area contributed by atoms with Gasteiger partial charge in [-0.1, -0.05) is 32.0 Å². The van der Waals surface area contributed by atoms with Crippen molar-refractivity contribution in [3.63, 3.8) is 0 Å². The molecule has 3 nitrogen and oxygen atoms in total. The molecule has 0 N–H and O–H groups in total. The fraction of sp³-hybridized carbons (Fsp3) is 0.500. The van der Waals surface area contributed by atoms with E-state index in [1.807, 2.05) is 45.0 Å². The number of para-hydroxylation sites is 1. The number of fused-ring (bicyclic) bond motifs is 1. The molecule has 2 aromatic rings. The van der Waals surface area contributed by atoms with Crippen LogP contribution >= 0.6 is 0 Å². The quantitative estimate of drug-likeness (QED) is 0.792. The number of carbonyl (C=O) groups excluding carboxylic acids is 1. The highest BCUT2D eigenvalue weighted by Gasteiger charge is 2.43. The van der Waals surface area contributed by atoms with Gasteiger partial charge in [0.1, 0.15) is 11.3 Å². The zero-order valence-corrected chi connectivity index (χ0v) is 13.1. The standard InChI is InChI=1S/C18H22O3/c1-5-14-17(13-8-6-7-9-15(13)21-14)18(19)16-10(2)11(3)20-12(16)4/h6-12,16H,5H2,1-4H3. The minimum Gasteiger partial charge on any atom is -0.460 e. The van der Waals surface area contributed by atoms with Crippen LogP contribution in [0.25, 0.3) is 11.0 Å². The van der Waals surface area contributed by atoms with Gasteiger partial charge in [-0.15, -0.1) is 0 Å². The first-order valence-corrected chi connectivity index (χ1v) is 7.74. The van der Waals surface area contributed by atoms with Crippen LogP contribution < -0.4 is 0 Å². The Morgan fingerprint density at radius 2 is 1.86 bits per heavy atom. The average Bonchev–Trinajstić information content (AvgIpc) is 2.96. The van der Waals surface area contributed by atoms with Gasteiger partial charge in [-0.25, -0.2) is 0 Å². The Hall–Kier alpha value is -1.61. The summed E-state index contributed by atoms with van der Waals surface area (Å²) in [5.41, 5.74) is 1.56. The van der Waals surface area contributed by atoms with E-state index in [-0.39, 0.29) is 29.8 Å². The lowest BCUT2D eigenvalue weighted by Crippen LogP contribution is -2.27. The third-order valence-electron chi connectivity index (χ3n) is 4.78. The van der Waals surface area contributed by atoms with E-state index in [4.69, 9.17) is 9.15 Å². The first-order chi connectivity index (χ1) is 10.0. The second-order valence-electron chi connectivity index (χ2n) is 6.05. The van der Waals surface area contributed by atoms with Gasteiger partial charge in [0.05, 0.1) is 23.7 Å². The van der Waals surface area contributed by atoms with Crippen LogP contribution in [-0.2, 0) is 11.2 Å². The highest BCUT2D eigenvalue weighted by Crippen LogP contribution is 2.37. The first kappa shape index (κ1) is 14.3. The van der Waals surface area contributed by atoms with Crippen LogP contribution in [0, 0.1) is 11.8 Å². The monoisotopic (exact) mass is 286 g/mol. The van der Waals surface area contributed by atoms with Gasteiger partial charge in [0.25, 0.3) is 0 Å². The Labute approximate surface area is 125 Å². The van der Waals surface area contributed by atoms with Crippen molar-refractivity contribution < 1.29 is 13.9 Å². The van der Waals surface area contributed by atoms with Gasteiger partial charge >= 0.3 is 0 Å². The van der Waals surface area contributed by atoms with Crippen LogP contribution in [0.15, 0.2) is 28.7 Å². The summed E-state index contributed by atoms with van der Waals surface area (Å²) in [6.07, 6.45) is 0.805. The summed E-state index contributed by atoms with van der Waals surface area (Å²) in [6, 6.07) is 7.78. The molecule has 0 spiro atoms. The predicted octanol–water partition coefficient (Wildman–Crippen LogP) is 4.24. The van der Waals surface area contributed by atoms with Crippen molar-refractivity contribution in [3.05, 3.63) is 35.6 Å². The van der Waals surface area contributed by atoms with Crippen LogP contribution in [0.5, 0.6) is 0 Å². The maximum atomic E-state index is 13.1. The highest BCUT2D eigenvalue weighted by molar-refractivity contribution is 6.09. The van der Waals surface area contributed by atoms with Crippen molar-refractivity contribution >= 4 is 16.8 Å². The predicted molar refractivity (Wildman–Crippen MR) is 82.6 cm³/mol. The summed E-state index contributed by atoms with van der Waals surface area (Å²) in [6.45, 7) is 8.17. The zero-order valence-electron chi connectivity index (χ0n) is 13.1. The van der Waals surface area contributed by atoms with E-state index in [1.165, 1.54) is 0 Å². The number of ketones is 1. The molecule has 1 fully saturated rings. The fourth-order valence-corrected chi connectivity index (χ4v) is 3.50. The van der Waals surface area contributed by atoms with Gasteiger partial charge in [-0.05, 0) is 25.8 Å². The van der Waals surface area contributed by atoms with Crippen LogP contribution in [0.4, 0.5) is 0 Å². The molecule has 1 saturated heterocycles. The summed E-state index contributed by atoms with van der Waals surface area (Å²) in [5.74, 6) is 1.10. The van der Waals surface area contributed by atoms with Gasteiger partial charge in [0, 0.05) is 11.8 Å². The Morgan fingerprint density at radius 3 is 2.48 bits per heavy atom. The molecule has 1 aliphatic heterocycles. The number of ether oxygens (including phenoxy) is 1. The maximum Gasteiger partial charge on any atom is 0.173 e. The number of benzene rings is 1. The normalized spacial score (nSPS) is 29.1. The molecular weight excluding hydrogens is 264 g/mol. The number of Topliss-reactive ketones (excluding diaryl/α,β-unsaturated/α-hetero) is 1. The van der Waals surface area contributed by atoms with Crippen molar-refractivity contribution in [2.45, 2.75) is 46.3 Å². The van der Waals surface area contributed by atoms with E-state index in [1.54, 1.807) is 0 Å². The van der Waals surface area contributed by atoms with E-state index in [0.717, 1.165) is 28.7 Å². The SMILES string of the molecule is CCc1oc2ccccc2c1C(=O)C1C(C)OC(C)C1C. The van der Waals surface area contributed by atoms with Crippen LogP contribution in [-0.4, -0.2) is 18.0 Å². The number of rotatable bonds is 3. The summed E-state index contributed by atoms with van der Waals surface area (Å²) in [5, 5.41) is 0.929. The lowest BCUT2D eigenvalue weighted by molar-refractivity contribution is 0.0491. The second kappa shape index (κ2) is 5.30. The molecule has 3 rings (SSSR count). The summed E-state index contributed by atoms with van der Waals surface area (Å²) < 4.78 is 11.7. The molecule has 4 unspecified atom stereocenters. The minimum atomic E-state index is -0.0914. The Bertz CT molecular complexity index is 670. The van der Waals surface area contributed by atoms with Gasteiger partial charge < -0.3 is 9.15 Å².